The van der Waals surface area contributed by atoms with E-state index in [-0.39, 0.29) is 29.9 Å². The van der Waals surface area contributed by atoms with Gasteiger partial charge < -0.3 is 10.1 Å². The minimum atomic E-state index is -3.79. The standard InChI is InChI=1S/C12H18N2O4S/c15-8-10-3-1-2-9(10)6-14-19(17,18)12-7-13-5-4-11(12)16/h4-5,7,9-10,14-15H,1-3,6,8H2,(H,13,16). The summed E-state index contributed by atoms with van der Waals surface area (Å²) >= 11 is 0. The summed E-state index contributed by atoms with van der Waals surface area (Å²) in [5.41, 5.74) is -0.531. The van der Waals surface area contributed by atoms with E-state index >= 15 is 0 Å². The molecular weight excluding hydrogens is 268 g/mol. The van der Waals surface area contributed by atoms with Crippen molar-refractivity contribution >= 4 is 10.0 Å². The molecule has 0 saturated heterocycles. The molecule has 106 valence electrons. The Bertz CT molecular complexity index is 581. The fourth-order valence-electron chi connectivity index (χ4n) is 2.53. The molecule has 0 radical (unpaired) electrons. The molecule has 1 aliphatic rings. The third-order valence-electron chi connectivity index (χ3n) is 3.66. The van der Waals surface area contributed by atoms with Crippen molar-refractivity contribution in [2.45, 2.75) is 24.2 Å². The van der Waals surface area contributed by atoms with Crippen LogP contribution in [0.2, 0.25) is 0 Å². The SMILES string of the molecule is O=c1cc[nH]cc1S(=O)(=O)NCC1CCCC1CO. The number of hydrogen-bond donors (Lipinski definition) is 3. The number of rotatable bonds is 5. The summed E-state index contributed by atoms with van der Waals surface area (Å²) in [4.78, 5) is 13.8. The molecule has 7 heteroatoms. The molecule has 0 spiro atoms. The largest absolute Gasteiger partial charge is 0.396 e. The van der Waals surface area contributed by atoms with Gasteiger partial charge in [-0.2, -0.15) is 0 Å². The Morgan fingerprint density at radius 1 is 1.37 bits per heavy atom. The number of aromatic nitrogens is 1. The Balaban J connectivity index is 2.07. The Morgan fingerprint density at radius 2 is 2.11 bits per heavy atom. The van der Waals surface area contributed by atoms with E-state index in [9.17, 15) is 18.3 Å². The predicted octanol–water partition coefficient (Wildman–Crippen LogP) is 0.0618. The molecular formula is C12H18N2O4S. The maximum Gasteiger partial charge on any atom is 0.245 e. The highest BCUT2D eigenvalue weighted by Gasteiger charge is 2.28. The number of hydrogen-bond acceptors (Lipinski definition) is 4. The van der Waals surface area contributed by atoms with Gasteiger partial charge in [0.15, 0.2) is 0 Å². The summed E-state index contributed by atoms with van der Waals surface area (Å²) < 4.78 is 26.5. The highest BCUT2D eigenvalue weighted by Crippen LogP contribution is 2.30. The maximum atomic E-state index is 12.0. The Labute approximate surface area is 111 Å². The van der Waals surface area contributed by atoms with Crippen LogP contribution in [0, 0.1) is 11.8 Å². The molecule has 1 aromatic heterocycles. The Morgan fingerprint density at radius 3 is 2.79 bits per heavy atom. The second-order valence-corrected chi connectivity index (χ2v) is 6.59. The van der Waals surface area contributed by atoms with Crippen LogP contribution in [0.1, 0.15) is 19.3 Å². The van der Waals surface area contributed by atoms with Crippen molar-refractivity contribution in [3.05, 3.63) is 28.7 Å². The van der Waals surface area contributed by atoms with Crippen LogP contribution in [0.25, 0.3) is 0 Å². The number of aliphatic hydroxyl groups is 1. The molecule has 1 heterocycles. The second kappa shape index (κ2) is 5.85. The van der Waals surface area contributed by atoms with Crippen LogP contribution in [0.4, 0.5) is 0 Å². The van der Waals surface area contributed by atoms with Crippen LogP contribution in [-0.4, -0.2) is 31.7 Å². The van der Waals surface area contributed by atoms with Crippen LogP contribution >= 0.6 is 0 Å². The maximum absolute atomic E-state index is 12.0. The molecule has 0 bridgehead atoms. The van der Waals surface area contributed by atoms with E-state index in [4.69, 9.17) is 0 Å². The summed E-state index contributed by atoms with van der Waals surface area (Å²) in [6.07, 6.45) is 5.40. The number of H-pyrrole nitrogens is 1. The molecule has 1 fully saturated rings. The first-order valence-electron chi connectivity index (χ1n) is 6.32. The first-order chi connectivity index (χ1) is 9.04. The normalized spacial score (nSPS) is 23.6. The van der Waals surface area contributed by atoms with Gasteiger partial charge in [0.05, 0.1) is 0 Å². The first-order valence-corrected chi connectivity index (χ1v) is 7.80. The summed E-state index contributed by atoms with van der Waals surface area (Å²) in [5, 5.41) is 9.19. The number of sulfonamides is 1. The number of nitrogens with one attached hydrogen (secondary N) is 2. The van der Waals surface area contributed by atoms with Crippen molar-refractivity contribution in [2.24, 2.45) is 11.8 Å². The quantitative estimate of drug-likeness (QED) is 0.713. The van der Waals surface area contributed by atoms with E-state index < -0.39 is 15.5 Å². The molecule has 1 saturated carbocycles. The van der Waals surface area contributed by atoms with E-state index in [0.29, 0.717) is 0 Å². The fraction of sp³-hybridized carbons (Fsp3) is 0.583. The molecule has 2 rings (SSSR count). The van der Waals surface area contributed by atoms with Gasteiger partial charge in [0.25, 0.3) is 0 Å². The first kappa shape index (κ1) is 14.2. The lowest BCUT2D eigenvalue weighted by Crippen LogP contribution is -2.34. The van der Waals surface area contributed by atoms with Gasteiger partial charge in [0, 0.05) is 31.6 Å². The highest BCUT2D eigenvalue weighted by atomic mass is 32.2. The second-order valence-electron chi connectivity index (χ2n) is 4.86. The Hall–Kier alpha value is -1.18. The topological polar surface area (TPSA) is 99.3 Å². The summed E-state index contributed by atoms with van der Waals surface area (Å²) in [6.45, 7) is 0.347. The Kier molecular flexibility index (Phi) is 4.38. The van der Waals surface area contributed by atoms with Crippen LogP contribution in [-0.2, 0) is 10.0 Å². The lowest BCUT2D eigenvalue weighted by molar-refractivity contribution is 0.195. The van der Waals surface area contributed by atoms with E-state index in [1.54, 1.807) is 0 Å². The van der Waals surface area contributed by atoms with Gasteiger partial charge in [0.1, 0.15) is 4.90 Å². The zero-order valence-electron chi connectivity index (χ0n) is 10.5. The lowest BCUT2D eigenvalue weighted by Gasteiger charge is -2.17. The van der Waals surface area contributed by atoms with Crippen LogP contribution in [0.3, 0.4) is 0 Å². The average molecular weight is 286 g/mol. The average Bonchev–Trinajstić information content (AvgIpc) is 2.84. The van der Waals surface area contributed by atoms with Gasteiger partial charge in [-0.1, -0.05) is 6.42 Å². The predicted molar refractivity (Wildman–Crippen MR) is 70.2 cm³/mol. The lowest BCUT2D eigenvalue weighted by atomic mass is 9.97. The molecule has 0 aromatic carbocycles. The zero-order chi connectivity index (χ0) is 13.9. The van der Waals surface area contributed by atoms with E-state index in [0.717, 1.165) is 19.3 Å². The molecule has 2 atom stereocenters. The molecule has 0 aliphatic heterocycles. The third-order valence-corrected chi connectivity index (χ3v) is 5.11. The number of aliphatic hydroxyl groups excluding tert-OH is 1. The molecule has 3 N–H and O–H groups in total. The minimum Gasteiger partial charge on any atom is -0.396 e. The summed E-state index contributed by atoms with van der Waals surface area (Å²) in [7, 11) is -3.79. The molecule has 0 amide bonds. The van der Waals surface area contributed by atoms with Gasteiger partial charge in [-0.15, -0.1) is 0 Å². The van der Waals surface area contributed by atoms with Crippen molar-refractivity contribution < 1.29 is 13.5 Å². The van der Waals surface area contributed by atoms with Gasteiger partial charge in [-0.3, -0.25) is 4.79 Å². The molecule has 1 aromatic rings. The van der Waals surface area contributed by atoms with Crippen LogP contribution in [0.5, 0.6) is 0 Å². The van der Waals surface area contributed by atoms with Gasteiger partial charge in [0.2, 0.25) is 15.5 Å². The number of pyridine rings is 1. The van der Waals surface area contributed by atoms with E-state index in [1.807, 2.05) is 0 Å². The zero-order valence-corrected chi connectivity index (χ0v) is 11.3. The molecule has 6 nitrogen and oxygen atoms in total. The monoisotopic (exact) mass is 286 g/mol. The van der Waals surface area contributed by atoms with Crippen molar-refractivity contribution in [3.63, 3.8) is 0 Å². The molecule has 19 heavy (non-hydrogen) atoms. The van der Waals surface area contributed by atoms with Crippen molar-refractivity contribution in [3.8, 4) is 0 Å². The van der Waals surface area contributed by atoms with Crippen molar-refractivity contribution in [1.82, 2.24) is 9.71 Å². The molecule has 1 aliphatic carbocycles. The fourth-order valence-corrected chi connectivity index (χ4v) is 3.67. The van der Waals surface area contributed by atoms with Crippen molar-refractivity contribution in [1.29, 1.82) is 0 Å². The third kappa shape index (κ3) is 3.23. The van der Waals surface area contributed by atoms with Crippen LogP contribution in [0.15, 0.2) is 28.2 Å². The summed E-state index contributed by atoms with van der Waals surface area (Å²) in [6, 6.07) is 1.18. The van der Waals surface area contributed by atoms with Crippen LogP contribution < -0.4 is 10.2 Å². The highest BCUT2D eigenvalue weighted by molar-refractivity contribution is 7.89. The van der Waals surface area contributed by atoms with Gasteiger partial charge in [-0.25, -0.2) is 13.1 Å². The van der Waals surface area contributed by atoms with E-state index in [1.165, 1.54) is 18.5 Å². The van der Waals surface area contributed by atoms with E-state index in [2.05, 4.69) is 9.71 Å². The van der Waals surface area contributed by atoms with Gasteiger partial charge >= 0.3 is 0 Å². The van der Waals surface area contributed by atoms with Crippen molar-refractivity contribution in [2.75, 3.05) is 13.2 Å². The number of aromatic amines is 1. The summed E-state index contributed by atoms with van der Waals surface area (Å²) in [5.74, 6) is 0.291. The smallest absolute Gasteiger partial charge is 0.245 e. The minimum absolute atomic E-state index is 0.0817. The molecule has 2 unspecified atom stereocenters. The van der Waals surface area contributed by atoms with Gasteiger partial charge in [-0.05, 0) is 24.7 Å².